The molecule has 23 heavy (non-hydrogen) atoms. The van der Waals surface area contributed by atoms with Crippen LogP contribution in [0.4, 0.5) is 4.39 Å². The van der Waals surface area contributed by atoms with Crippen molar-refractivity contribution in [2.75, 3.05) is 0 Å². The van der Waals surface area contributed by atoms with E-state index in [0.29, 0.717) is 10.1 Å². The molecule has 1 aromatic carbocycles. The third-order valence-electron chi connectivity index (χ3n) is 3.07. The fourth-order valence-electron chi connectivity index (χ4n) is 2.05. The summed E-state index contributed by atoms with van der Waals surface area (Å²) in [6.07, 6.45) is 1.26. The molecule has 0 aliphatic carbocycles. The Hall–Kier alpha value is -2.02. The largest absolute Gasteiger partial charge is 0.618 e. The van der Waals surface area contributed by atoms with Crippen LogP contribution in [0, 0.1) is 22.4 Å². The number of nitriles is 1. The summed E-state index contributed by atoms with van der Waals surface area (Å²) in [7, 11) is -4.08. The maximum atomic E-state index is 13.6. The van der Waals surface area contributed by atoms with Gasteiger partial charge in [0.1, 0.15) is 10.0 Å². The van der Waals surface area contributed by atoms with Gasteiger partial charge in [-0.25, -0.2) is 12.8 Å². The molecule has 0 aliphatic heterocycles. The summed E-state index contributed by atoms with van der Waals surface area (Å²) in [6, 6.07) is 7.71. The number of aromatic nitrogens is 1. The van der Waals surface area contributed by atoms with Crippen LogP contribution in [-0.2, 0) is 9.84 Å². The summed E-state index contributed by atoms with van der Waals surface area (Å²) < 4.78 is 39.7. The van der Waals surface area contributed by atoms with Crippen LogP contribution < -0.4 is 4.73 Å². The SMILES string of the molecule is N#Cc1cc(F)cc(S(=O)(=O)c2sc3c(ccc[n+]3[O-])c2Br)c1. The number of pyridine rings is 1. The van der Waals surface area contributed by atoms with Gasteiger partial charge >= 0.3 is 0 Å². The van der Waals surface area contributed by atoms with Gasteiger partial charge < -0.3 is 5.21 Å². The number of hydrogen-bond donors (Lipinski definition) is 0. The highest BCUT2D eigenvalue weighted by molar-refractivity contribution is 9.10. The lowest BCUT2D eigenvalue weighted by molar-refractivity contribution is -0.574. The van der Waals surface area contributed by atoms with Crippen LogP contribution in [0.3, 0.4) is 0 Å². The Kier molecular flexibility index (Phi) is 3.83. The Bertz CT molecular complexity index is 1090. The van der Waals surface area contributed by atoms with Crippen LogP contribution in [0.5, 0.6) is 0 Å². The molecule has 0 N–H and O–H groups in total. The highest BCUT2D eigenvalue weighted by Crippen LogP contribution is 2.39. The quantitative estimate of drug-likeness (QED) is 0.477. The number of halogens is 2. The number of hydrogen-bond acceptors (Lipinski definition) is 5. The van der Waals surface area contributed by atoms with Gasteiger partial charge in [-0.15, -0.1) is 0 Å². The van der Waals surface area contributed by atoms with Crippen LogP contribution >= 0.6 is 27.3 Å². The average molecular weight is 413 g/mol. The second kappa shape index (κ2) is 5.56. The predicted molar refractivity (Wildman–Crippen MR) is 85.1 cm³/mol. The van der Waals surface area contributed by atoms with Gasteiger partial charge in [0.15, 0.2) is 6.20 Å². The minimum atomic E-state index is -4.08. The van der Waals surface area contributed by atoms with Gasteiger partial charge in [0, 0.05) is 6.07 Å². The molecule has 116 valence electrons. The van der Waals surface area contributed by atoms with Gasteiger partial charge in [0.05, 0.1) is 26.4 Å². The van der Waals surface area contributed by atoms with E-state index >= 15 is 0 Å². The van der Waals surface area contributed by atoms with Gasteiger partial charge in [0.2, 0.25) is 9.84 Å². The fourth-order valence-corrected chi connectivity index (χ4v) is 6.26. The molecular formula is C14H6BrFN2O3S2. The van der Waals surface area contributed by atoms with Crippen LogP contribution in [-0.4, -0.2) is 8.42 Å². The van der Waals surface area contributed by atoms with E-state index in [1.54, 1.807) is 12.1 Å². The van der Waals surface area contributed by atoms with Crippen molar-refractivity contribution >= 4 is 47.3 Å². The van der Waals surface area contributed by atoms with Crippen molar-refractivity contribution in [1.29, 1.82) is 5.26 Å². The monoisotopic (exact) mass is 412 g/mol. The van der Waals surface area contributed by atoms with Crippen LogP contribution in [0.1, 0.15) is 5.56 Å². The van der Waals surface area contributed by atoms with Crippen molar-refractivity contribution in [2.24, 2.45) is 0 Å². The highest BCUT2D eigenvalue weighted by Gasteiger charge is 2.28. The predicted octanol–water partition coefficient (Wildman–Crippen LogP) is 3.14. The van der Waals surface area contributed by atoms with E-state index < -0.39 is 15.7 Å². The van der Waals surface area contributed by atoms with Gasteiger partial charge in [0.25, 0.3) is 4.83 Å². The minimum Gasteiger partial charge on any atom is -0.618 e. The first-order valence-electron chi connectivity index (χ1n) is 6.10. The number of benzene rings is 1. The zero-order chi connectivity index (χ0) is 16.8. The molecule has 0 saturated heterocycles. The molecule has 0 radical (unpaired) electrons. The summed E-state index contributed by atoms with van der Waals surface area (Å²) >= 11 is 3.98. The molecule has 3 aromatic rings. The molecule has 0 saturated carbocycles. The van der Waals surface area contributed by atoms with E-state index in [1.165, 1.54) is 12.3 Å². The first-order chi connectivity index (χ1) is 10.8. The van der Waals surface area contributed by atoms with Crippen molar-refractivity contribution in [2.45, 2.75) is 9.10 Å². The number of thiophene rings is 1. The minimum absolute atomic E-state index is 0.0975. The summed E-state index contributed by atoms with van der Waals surface area (Å²) in [5.74, 6) is -0.821. The summed E-state index contributed by atoms with van der Waals surface area (Å²) in [5.41, 5.74) is -0.0975. The first-order valence-corrected chi connectivity index (χ1v) is 9.20. The maximum Gasteiger partial charge on any atom is 0.282 e. The normalized spacial score (nSPS) is 11.5. The summed E-state index contributed by atoms with van der Waals surface area (Å²) in [5, 5.41) is 21.1. The number of nitrogens with zero attached hydrogens (tertiary/aromatic N) is 2. The topological polar surface area (TPSA) is 84.9 Å². The van der Waals surface area contributed by atoms with E-state index in [-0.39, 0.29) is 24.0 Å². The van der Waals surface area contributed by atoms with Crippen LogP contribution in [0.15, 0.2) is 50.1 Å². The maximum absolute atomic E-state index is 13.6. The first kappa shape index (κ1) is 15.9. The molecule has 0 spiro atoms. The number of sulfone groups is 1. The molecule has 2 heterocycles. The molecule has 0 aliphatic rings. The molecule has 0 amide bonds. The second-order valence-corrected chi connectivity index (χ2v) is 8.48. The zero-order valence-corrected chi connectivity index (χ0v) is 14.4. The van der Waals surface area contributed by atoms with E-state index in [9.17, 15) is 18.0 Å². The van der Waals surface area contributed by atoms with Gasteiger partial charge in [-0.05, 0) is 40.2 Å². The molecule has 0 fully saturated rings. The Morgan fingerprint density at radius 2 is 2.09 bits per heavy atom. The molecule has 3 rings (SSSR count). The Morgan fingerprint density at radius 1 is 1.35 bits per heavy atom. The smallest absolute Gasteiger partial charge is 0.282 e. The Balaban J connectivity index is 2.30. The van der Waals surface area contributed by atoms with E-state index in [4.69, 9.17) is 5.26 Å². The van der Waals surface area contributed by atoms with Crippen molar-refractivity contribution in [3.63, 3.8) is 0 Å². The second-order valence-electron chi connectivity index (χ2n) is 4.55. The molecule has 5 nitrogen and oxygen atoms in total. The lowest BCUT2D eigenvalue weighted by Crippen LogP contribution is -2.24. The summed E-state index contributed by atoms with van der Waals surface area (Å²) in [4.78, 5) is -0.117. The van der Waals surface area contributed by atoms with Gasteiger partial charge in [-0.2, -0.15) is 9.99 Å². The lowest BCUT2D eigenvalue weighted by atomic mass is 10.2. The van der Waals surface area contributed by atoms with Crippen molar-refractivity contribution in [1.82, 2.24) is 0 Å². The Labute approximate surface area is 142 Å². The standard InChI is InChI=1S/C14H6BrFN2O3S2/c15-12-11-2-1-3-18(19)13(11)22-14(12)23(20,21)10-5-8(7-17)4-9(16)6-10/h1-6H. The Morgan fingerprint density at radius 3 is 2.74 bits per heavy atom. The van der Waals surface area contributed by atoms with Crippen molar-refractivity contribution in [3.05, 3.63) is 57.6 Å². The third-order valence-corrected chi connectivity index (χ3v) is 7.86. The molecule has 2 aromatic heterocycles. The molecular weight excluding hydrogens is 407 g/mol. The zero-order valence-electron chi connectivity index (χ0n) is 11.2. The van der Waals surface area contributed by atoms with E-state index in [0.717, 1.165) is 29.5 Å². The fraction of sp³-hybridized carbons (Fsp3) is 0. The number of rotatable bonds is 2. The van der Waals surface area contributed by atoms with E-state index in [2.05, 4.69) is 15.9 Å². The van der Waals surface area contributed by atoms with Crippen molar-refractivity contribution < 1.29 is 17.5 Å². The molecule has 9 heteroatoms. The van der Waals surface area contributed by atoms with Crippen molar-refractivity contribution in [3.8, 4) is 6.07 Å². The van der Waals surface area contributed by atoms with Gasteiger partial charge in [-0.1, -0.05) is 11.3 Å². The highest BCUT2D eigenvalue weighted by atomic mass is 79.9. The van der Waals surface area contributed by atoms with Crippen LogP contribution in [0.25, 0.3) is 10.2 Å². The van der Waals surface area contributed by atoms with Crippen LogP contribution in [0.2, 0.25) is 0 Å². The average Bonchev–Trinajstić information content (AvgIpc) is 2.86. The molecule has 0 atom stereocenters. The lowest BCUT2D eigenvalue weighted by Gasteiger charge is -2.03. The third kappa shape index (κ3) is 2.59. The summed E-state index contributed by atoms with van der Waals surface area (Å²) in [6.45, 7) is 0. The molecule has 0 unspecified atom stereocenters. The van der Waals surface area contributed by atoms with Gasteiger partial charge in [-0.3, -0.25) is 0 Å². The van der Waals surface area contributed by atoms with E-state index in [1.807, 2.05) is 0 Å². The molecule has 0 bridgehead atoms. The number of fused-ring (bicyclic) bond motifs is 1.